The molecule has 5 rings (SSSR count). The molecule has 102 valence electrons. The Morgan fingerprint density at radius 2 is 1.47 bits per heavy atom. The van der Waals surface area contributed by atoms with Crippen molar-refractivity contribution in [3.8, 4) is 0 Å². The molecule has 4 aliphatic carbocycles. The molecule has 0 heterocycles. The molecule has 1 heteroatoms. The Kier molecular flexibility index (Phi) is 3.11. The molecular formula is C18H26N+. The van der Waals surface area contributed by atoms with Crippen LogP contribution in [-0.4, -0.2) is 12.6 Å². The van der Waals surface area contributed by atoms with Crippen LogP contribution in [0.2, 0.25) is 0 Å². The second-order valence-corrected chi connectivity index (χ2v) is 7.27. The van der Waals surface area contributed by atoms with E-state index in [-0.39, 0.29) is 0 Å². The minimum atomic E-state index is 0.969. The molecule has 0 radical (unpaired) electrons. The van der Waals surface area contributed by atoms with Gasteiger partial charge in [-0.3, -0.25) is 0 Å². The van der Waals surface area contributed by atoms with Crippen molar-refractivity contribution in [3.05, 3.63) is 35.9 Å². The van der Waals surface area contributed by atoms with Gasteiger partial charge in [-0.05, 0) is 49.5 Å². The molecule has 4 aliphatic rings. The first-order valence-electron chi connectivity index (χ1n) is 8.25. The van der Waals surface area contributed by atoms with E-state index < -0.39 is 0 Å². The summed E-state index contributed by atoms with van der Waals surface area (Å²) in [5, 5.41) is 2.71. The van der Waals surface area contributed by atoms with Gasteiger partial charge in [-0.2, -0.15) is 0 Å². The molecular weight excluding hydrogens is 230 g/mol. The second kappa shape index (κ2) is 4.94. The van der Waals surface area contributed by atoms with Crippen molar-refractivity contribution < 1.29 is 5.32 Å². The highest BCUT2D eigenvalue weighted by atomic mass is 14.9. The van der Waals surface area contributed by atoms with Crippen LogP contribution in [-0.2, 0) is 6.42 Å². The maximum atomic E-state index is 2.71. The van der Waals surface area contributed by atoms with E-state index in [0.29, 0.717) is 0 Å². The first-order chi connectivity index (χ1) is 9.38. The lowest BCUT2D eigenvalue weighted by molar-refractivity contribution is -0.708. The third-order valence-corrected chi connectivity index (χ3v) is 6.01. The van der Waals surface area contributed by atoms with Crippen LogP contribution in [0.15, 0.2) is 30.3 Å². The van der Waals surface area contributed by atoms with Crippen LogP contribution in [0.4, 0.5) is 0 Å². The molecule has 0 atom stereocenters. The molecule has 0 aliphatic heterocycles. The van der Waals surface area contributed by atoms with Crippen LogP contribution in [0.5, 0.6) is 0 Å². The molecule has 4 bridgehead atoms. The van der Waals surface area contributed by atoms with E-state index in [2.05, 4.69) is 35.6 Å². The lowest BCUT2D eigenvalue weighted by Crippen LogP contribution is -2.94. The molecule has 1 aromatic carbocycles. The van der Waals surface area contributed by atoms with Gasteiger partial charge in [-0.15, -0.1) is 0 Å². The van der Waals surface area contributed by atoms with Gasteiger partial charge in [0.05, 0.1) is 12.6 Å². The summed E-state index contributed by atoms with van der Waals surface area (Å²) in [5.74, 6) is 4.35. The predicted octanol–water partition coefficient (Wildman–Crippen LogP) is 2.62. The summed E-state index contributed by atoms with van der Waals surface area (Å²) in [6.45, 7) is 1.29. The molecule has 19 heavy (non-hydrogen) atoms. The highest BCUT2D eigenvalue weighted by Crippen LogP contribution is 2.52. The third kappa shape index (κ3) is 2.33. The van der Waals surface area contributed by atoms with E-state index in [4.69, 9.17) is 0 Å². The highest BCUT2D eigenvalue weighted by molar-refractivity contribution is 5.14. The Morgan fingerprint density at radius 3 is 2.11 bits per heavy atom. The van der Waals surface area contributed by atoms with Crippen molar-refractivity contribution in [2.75, 3.05) is 6.54 Å². The van der Waals surface area contributed by atoms with Crippen LogP contribution >= 0.6 is 0 Å². The topological polar surface area (TPSA) is 16.6 Å². The van der Waals surface area contributed by atoms with Crippen LogP contribution in [0.1, 0.15) is 37.7 Å². The number of benzene rings is 1. The summed E-state index contributed by atoms with van der Waals surface area (Å²) in [6.07, 6.45) is 9.03. The van der Waals surface area contributed by atoms with Crippen molar-refractivity contribution in [2.45, 2.75) is 44.6 Å². The Balaban J connectivity index is 1.34. The molecule has 0 saturated heterocycles. The van der Waals surface area contributed by atoms with E-state index >= 15 is 0 Å². The molecule has 0 aromatic heterocycles. The van der Waals surface area contributed by atoms with E-state index in [9.17, 15) is 0 Å². The van der Waals surface area contributed by atoms with Gasteiger partial charge < -0.3 is 5.32 Å². The van der Waals surface area contributed by atoms with Gasteiger partial charge in [0.25, 0.3) is 0 Å². The Hall–Kier alpha value is -0.820. The Bertz CT molecular complexity index is 397. The van der Waals surface area contributed by atoms with Crippen LogP contribution in [0.3, 0.4) is 0 Å². The molecule has 0 unspecified atom stereocenters. The van der Waals surface area contributed by atoms with Gasteiger partial charge in [0.15, 0.2) is 0 Å². The zero-order valence-corrected chi connectivity index (χ0v) is 11.8. The van der Waals surface area contributed by atoms with Gasteiger partial charge in [-0.1, -0.05) is 30.3 Å². The van der Waals surface area contributed by atoms with Crippen molar-refractivity contribution in [2.24, 2.45) is 23.7 Å². The number of rotatable bonds is 4. The fourth-order valence-corrected chi connectivity index (χ4v) is 5.44. The summed E-state index contributed by atoms with van der Waals surface area (Å²) in [6, 6.07) is 12.0. The number of quaternary nitrogens is 1. The lowest BCUT2D eigenvalue weighted by Gasteiger charge is -2.52. The largest absolute Gasteiger partial charge is 0.343 e. The quantitative estimate of drug-likeness (QED) is 0.853. The fourth-order valence-electron chi connectivity index (χ4n) is 5.44. The molecule has 1 nitrogen and oxygen atoms in total. The number of hydrogen-bond donors (Lipinski definition) is 1. The zero-order valence-electron chi connectivity index (χ0n) is 11.8. The summed E-state index contributed by atoms with van der Waals surface area (Å²) < 4.78 is 0. The van der Waals surface area contributed by atoms with E-state index in [1.165, 1.54) is 18.5 Å². The van der Waals surface area contributed by atoms with Gasteiger partial charge in [0.2, 0.25) is 0 Å². The first-order valence-corrected chi connectivity index (χ1v) is 8.25. The monoisotopic (exact) mass is 256 g/mol. The fraction of sp³-hybridized carbons (Fsp3) is 0.667. The van der Waals surface area contributed by atoms with Crippen molar-refractivity contribution in [3.63, 3.8) is 0 Å². The minimum absolute atomic E-state index is 0.969. The predicted molar refractivity (Wildman–Crippen MR) is 77.8 cm³/mol. The average Bonchev–Trinajstić information content (AvgIpc) is 2.42. The van der Waals surface area contributed by atoms with E-state index in [0.717, 1.165) is 29.7 Å². The van der Waals surface area contributed by atoms with Crippen LogP contribution in [0, 0.1) is 23.7 Å². The molecule has 4 saturated carbocycles. The average molecular weight is 256 g/mol. The van der Waals surface area contributed by atoms with Gasteiger partial charge in [0, 0.05) is 18.3 Å². The van der Waals surface area contributed by atoms with E-state index in [1.807, 2.05) is 0 Å². The van der Waals surface area contributed by atoms with Crippen molar-refractivity contribution in [1.29, 1.82) is 0 Å². The zero-order chi connectivity index (χ0) is 12.7. The van der Waals surface area contributed by atoms with Gasteiger partial charge >= 0.3 is 0 Å². The van der Waals surface area contributed by atoms with Crippen LogP contribution in [0.25, 0.3) is 0 Å². The number of hydrogen-bond acceptors (Lipinski definition) is 0. The van der Waals surface area contributed by atoms with Crippen molar-refractivity contribution >= 4 is 0 Å². The summed E-state index contributed by atoms with van der Waals surface area (Å²) in [5.41, 5.74) is 1.50. The molecule has 2 N–H and O–H groups in total. The lowest BCUT2D eigenvalue weighted by atomic mass is 9.54. The third-order valence-electron chi connectivity index (χ3n) is 6.01. The minimum Gasteiger partial charge on any atom is -0.343 e. The SMILES string of the molecule is c1ccc(CC[NH2+]C2C3CC4CC(C3)CC2C4)cc1. The van der Waals surface area contributed by atoms with Gasteiger partial charge in [-0.25, -0.2) is 0 Å². The standard InChI is InChI=1S/C18H25N/c1-2-4-13(5-3-1)6-7-19-18-16-9-14-8-15(11-16)12-17(18)10-14/h1-5,14-19H,6-12H2/p+1. The normalized spacial score (nSPS) is 39.7. The Morgan fingerprint density at radius 1 is 0.842 bits per heavy atom. The molecule has 4 fully saturated rings. The summed E-state index contributed by atoms with van der Waals surface area (Å²) in [4.78, 5) is 0. The molecule has 1 aromatic rings. The van der Waals surface area contributed by atoms with E-state index in [1.54, 1.807) is 32.1 Å². The first kappa shape index (κ1) is 12.0. The van der Waals surface area contributed by atoms with Crippen molar-refractivity contribution in [1.82, 2.24) is 0 Å². The smallest absolute Gasteiger partial charge is 0.0916 e. The highest BCUT2D eigenvalue weighted by Gasteiger charge is 2.49. The summed E-state index contributed by atoms with van der Waals surface area (Å²) in [7, 11) is 0. The van der Waals surface area contributed by atoms with Crippen LogP contribution < -0.4 is 5.32 Å². The Labute approximate surface area is 116 Å². The maximum Gasteiger partial charge on any atom is 0.0916 e. The molecule has 0 spiro atoms. The molecule has 0 amide bonds. The maximum absolute atomic E-state index is 2.71. The summed E-state index contributed by atoms with van der Waals surface area (Å²) >= 11 is 0. The van der Waals surface area contributed by atoms with Gasteiger partial charge in [0.1, 0.15) is 0 Å². The number of nitrogens with two attached hydrogens (primary N) is 1. The second-order valence-electron chi connectivity index (χ2n) is 7.27.